The minimum Gasteiger partial charge on any atom is -0.492 e. The smallest absolute Gasteiger partial charge is 0.297 e. The molecule has 0 N–H and O–H groups in total. The van der Waals surface area contributed by atoms with Crippen molar-refractivity contribution in [3.63, 3.8) is 0 Å². The number of methoxy groups -OCH3 is 1. The minimum absolute atomic E-state index is 0.0404. The van der Waals surface area contributed by atoms with Crippen LogP contribution in [0.4, 0.5) is 5.69 Å². The third-order valence-corrected chi connectivity index (χ3v) is 6.06. The third-order valence-electron chi connectivity index (χ3n) is 6.06. The van der Waals surface area contributed by atoms with Gasteiger partial charge < -0.3 is 14.0 Å². The molecule has 0 unspecified atom stereocenters. The summed E-state index contributed by atoms with van der Waals surface area (Å²) in [4.78, 5) is 24.3. The first-order valence-electron chi connectivity index (χ1n) is 12.6. The van der Waals surface area contributed by atoms with Crippen molar-refractivity contribution in [2.45, 2.75) is 97.4 Å². The van der Waals surface area contributed by atoms with E-state index in [9.17, 15) is 14.9 Å². The summed E-state index contributed by atoms with van der Waals surface area (Å²) >= 11 is 0. The molecule has 0 aliphatic rings. The van der Waals surface area contributed by atoms with Crippen molar-refractivity contribution in [2.75, 3.05) is 13.7 Å². The summed E-state index contributed by atoms with van der Waals surface area (Å²) in [5.41, 5.74) is 0.201. The van der Waals surface area contributed by atoms with E-state index in [2.05, 4.69) is 13.8 Å². The maximum absolute atomic E-state index is 13.4. The highest BCUT2D eigenvalue weighted by atomic mass is 16.6. The van der Waals surface area contributed by atoms with Gasteiger partial charge in [-0.3, -0.25) is 14.9 Å². The first kappa shape index (κ1) is 26.7. The molecule has 0 atom stereocenters. The number of nitro groups is 1. The van der Waals surface area contributed by atoms with Crippen LogP contribution in [0.3, 0.4) is 0 Å². The lowest BCUT2D eigenvalue weighted by molar-refractivity contribution is -0.384. The van der Waals surface area contributed by atoms with Gasteiger partial charge in [0, 0.05) is 24.1 Å². The Balaban J connectivity index is 2.28. The Bertz CT molecular complexity index is 938. The number of nitrogens with zero attached hydrogens (tertiary/aromatic N) is 2. The van der Waals surface area contributed by atoms with E-state index in [1.165, 1.54) is 57.8 Å². The van der Waals surface area contributed by atoms with Crippen LogP contribution in [-0.4, -0.2) is 23.2 Å². The molecule has 0 amide bonds. The number of fused-ring (bicyclic) bond motifs is 1. The van der Waals surface area contributed by atoms with Gasteiger partial charge in [-0.05, 0) is 18.9 Å². The molecular formula is C26H40N2O5. The summed E-state index contributed by atoms with van der Waals surface area (Å²) < 4.78 is 13.2. The Morgan fingerprint density at radius 2 is 1.48 bits per heavy atom. The van der Waals surface area contributed by atoms with Crippen molar-refractivity contribution in [3.05, 3.63) is 38.7 Å². The molecule has 0 aliphatic heterocycles. The molecular weight excluding hydrogens is 420 g/mol. The fourth-order valence-electron chi connectivity index (χ4n) is 4.16. The third kappa shape index (κ3) is 7.76. The molecule has 2 rings (SSSR count). The first-order valence-corrected chi connectivity index (χ1v) is 12.6. The lowest BCUT2D eigenvalue weighted by atomic mass is 10.1. The van der Waals surface area contributed by atoms with Gasteiger partial charge in [0.15, 0.2) is 5.75 Å². The zero-order valence-electron chi connectivity index (χ0n) is 20.6. The number of unbranched alkanes of at least 4 members (excludes halogenated alkanes) is 10. The molecule has 1 heterocycles. The number of ether oxygens (including phenoxy) is 2. The molecule has 0 saturated carbocycles. The molecule has 0 radical (unpaired) electrons. The van der Waals surface area contributed by atoms with Gasteiger partial charge in [-0.15, -0.1) is 0 Å². The lowest BCUT2D eigenvalue weighted by Gasteiger charge is -2.17. The van der Waals surface area contributed by atoms with Crippen molar-refractivity contribution in [2.24, 2.45) is 0 Å². The molecule has 0 bridgehead atoms. The molecule has 2 aromatic rings. The van der Waals surface area contributed by atoms with Gasteiger partial charge in [0.05, 0.1) is 24.2 Å². The second-order valence-electron chi connectivity index (χ2n) is 8.66. The number of benzene rings is 1. The van der Waals surface area contributed by atoms with Crippen LogP contribution in [0.15, 0.2) is 23.0 Å². The van der Waals surface area contributed by atoms with E-state index in [1.807, 2.05) is 0 Å². The van der Waals surface area contributed by atoms with Gasteiger partial charge in [-0.25, -0.2) is 0 Å². The molecule has 7 heteroatoms. The fraction of sp³-hybridized carbons (Fsp3) is 0.654. The second-order valence-corrected chi connectivity index (χ2v) is 8.66. The van der Waals surface area contributed by atoms with Crippen molar-refractivity contribution < 1.29 is 14.4 Å². The van der Waals surface area contributed by atoms with Crippen LogP contribution in [0.5, 0.6) is 11.5 Å². The lowest BCUT2D eigenvalue weighted by Crippen LogP contribution is -2.24. The van der Waals surface area contributed by atoms with Gasteiger partial charge in [0.25, 0.3) is 11.2 Å². The predicted octanol–water partition coefficient (Wildman–Crippen LogP) is 7.02. The van der Waals surface area contributed by atoms with E-state index in [0.29, 0.717) is 29.8 Å². The number of nitro benzene ring substituents is 1. The van der Waals surface area contributed by atoms with E-state index in [1.54, 1.807) is 10.6 Å². The van der Waals surface area contributed by atoms with Crippen molar-refractivity contribution in [1.82, 2.24) is 4.57 Å². The van der Waals surface area contributed by atoms with Gasteiger partial charge in [0.2, 0.25) is 5.75 Å². The highest BCUT2D eigenvalue weighted by Crippen LogP contribution is 2.34. The molecule has 1 aromatic carbocycles. The van der Waals surface area contributed by atoms with E-state index in [-0.39, 0.29) is 17.0 Å². The van der Waals surface area contributed by atoms with Gasteiger partial charge >= 0.3 is 0 Å². The van der Waals surface area contributed by atoms with Crippen LogP contribution in [0, 0.1) is 10.1 Å². The molecule has 1 aromatic heterocycles. The van der Waals surface area contributed by atoms with Gasteiger partial charge in [-0.2, -0.15) is 0 Å². The van der Waals surface area contributed by atoms with Gasteiger partial charge in [-0.1, -0.05) is 78.1 Å². The number of hydrogen-bond acceptors (Lipinski definition) is 5. The summed E-state index contributed by atoms with van der Waals surface area (Å²) in [6, 6.07) is 4.57. The zero-order chi connectivity index (χ0) is 24.1. The van der Waals surface area contributed by atoms with E-state index >= 15 is 0 Å². The highest BCUT2D eigenvalue weighted by molar-refractivity contribution is 5.89. The average Bonchev–Trinajstić information content (AvgIpc) is 2.81. The van der Waals surface area contributed by atoms with Crippen molar-refractivity contribution >= 4 is 16.6 Å². The summed E-state index contributed by atoms with van der Waals surface area (Å²) in [5, 5.41) is 12.0. The van der Waals surface area contributed by atoms with Crippen LogP contribution in [-0.2, 0) is 6.54 Å². The molecule has 33 heavy (non-hydrogen) atoms. The fourth-order valence-corrected chi connectivity index (χ4v) is 4.16. The molecule has 0 fully saturated rings. The first-order chi connectivity index (χ1) is 16.0. The number of hydrogen-bond donors (Lipinski definition) is 0. The van der Waals surface area contributed by atoms with E-state index in [0.717, 1.165) is 38.5 Å². The number of pyridine rings is 1. The maximum atomic E-state index is 13.4. The van der Waals surface area contributed by atoms with E-state index in [4.69, 9.17) is 9.47 Å². The van der Waals surface area contributed by atoms with E-state index < -0.39 is 4.92 Å². The monoisotopic (exact) mass is 460 g/mol. The predicted molar refractivity (Wildman–Crippen MR) is 134 cm³/mol. The van der Waals surface area contributed by atoms with Crippen LogP contribution >= 0.6 is 0 Å². The largest absolute Gasteiger partial charge is 0.492 e. The highest BCUT2D eigenvalue weighted by Gasteiger charge is 2.21. The molecule has 0 aliphatic carbocycles. The summed E-state index contributed by atoms with van der Waals surface area (Å²) in [6.45, 7) is 5.33. The quantitative estimate of drug-likeness (QED) is 0.144. The Morgan fingerprint density at radius 3 is 2.09 bits per heavy atom. The summed E-state index contributed by atoms with van der Waals surface area (Å²) in [7, 11) is 1.51. The van der Waals surface area contributed by atoms with Crippen LogP contribution in [0.2, 0.25) is 0 Å². The normalized spacial score (nSPS) is 11.1. The maximum Gasteiger partial charge on any atom is 0.297 e. The Labute approximate surface area is 197 Å². The van der Waals surface area contributed by atoms with Gasteiger partial charge in [0.1, 0.15) is 0 Å². The van der Waals surface area contributed by atoms with Crippen LogP contribution in [0.25, 0.3) is 10.9 Å². The Hall–Kier alpha value is -2.57. The van der Waals surface area contributed by atoms with Crippen molar-refractivity contribution in [1.29, 1.82) is 0 Å². The molecule has 0 spiro atoms. The minimum atomic E-state index is -0.436. The Kier molecular flexibility index (Phi) is 11.8. The second kappa shape index (κ2) is 14.6. The van der Waals surface area contributed by atoms with Crippen LogP contribution in [0.1, 0.15) is 90.9 Å². The molecule has 7 nitrogen and oxygen atoms in total. The summed E-state index contributed by atoms with van der Waals surface area (Å²) in [5.74, 6) is 0.563. The zero-order valence-corrected chi connectivity index (χ0v) is 20.6. The Morgan fingerprint density at radius 1 is 0.879 bits per heavy atom. The SMILES string of the molecule is CCCCCCCCOc1c(OC)c2ccc([N+](=O)[O-])cc2n(CCCCCCCC)c1=O. The average molecular weight is 461 g/mol. The summed E-state index contributed by atoms with van der Waals surface area (Å²) in [6.07, 6.45) is 13.3. The molecule has 184 valence electrons. The number of non-ortho nitro benzene ring substituents is 1. The number of rotatable bonds is 17. The molecule has 0 saturated heterocycles. The van der Waals surface area contributed by atoms with Crippen molar-refractivity contribution in [3.8, 4) is 11.5 Å². The number of aryl methyl sites for hydroxylation is 1. The van der Waals surface area contributed by atoms with Crippen LogP contribution < -0.4 is 15.0 Å². The standard InChI is InChI=1S/C26H40N2O5/c1-4-6-8-10-12-14-18-27-23-20-21(28(30)31)16-17-22(23)24(32-3)25(26(27)29)33-19-15-13-11-9-7-5-2/h16-17,20H,4-15,18-19H2,1-3H3. The number of aromatic nitrogens is 1. The topological polar surface area (TPSA) is 83.6 Å².